The number of thiophene rings is 1. The molecule has 0 bridgehead atoms. The fourth-order valence-electron chi connectivity index (χ4n) is 2.76. The molecule has 112 valence electrons. The largest absolute Gasteiger partial charge is 0.340 e. The summed E-state index contributed by atoms with van der Waals surface area (Å²) in [5.74, 6) is 2.10. The van der Waals surface area contributed by atoms with Gasteiger partial charge < -0.3 is 9.42 Å². The number of aromatic nitrogens is 2. The molecule has 6 heteroatoms. The second kappa shape index (κ2) is 5.97. The summed E-state index contributed by atoms with van der Waals surface area (Å²) in [5.41, 5.74) is 1.08. The summed E-state index contributed by atoms with van der Waals surface area (Å²) in [7, 11) is 0. The summed E-state index contributed by atoms with van der Waals surface area (Å²) < 4.78 is 4.98. The Morgan fingerprint density at radius 1 is 1.52 bits per heavy atom. The number of nitrogens with zero attached hydrogens (tertiary/aromatic N) is 3. The summed E-state index contributed by atoms with van der Waals surface area (Å²) in [5, 5.41) is 5.90. The summed E-state index contributed by atoms with van der Waals surface area (Å²) in [6, 6.07) is 2.00. The third-order valence-electron chi connectivity index (χ3n) is 3.98. The summed E-state index contributed by atoms with van der Waals surface area (Å²) in [4.78, 5) is 19.5. The van der Waals surface area contributed by atoms with Crippen molar-refractivity contribution >= 4 is 17.2 Å². The quantitative estimate of drug-likeness (QED) is 0.871. The van der Waals surface area contributed by atoms with E-state index in [-0.39, 0.29) is 5.91 Å². The number of hydrogen-bond acceptors (Lipinski definition) is 5. The average Bonchev–Trinajstić information content (AvgIpc) is 3.17. The number of carbonyl (C=O) groups excluding carboxylic acids is 1. The SMILES string of the molecule is Cc1nc(CCC2CCN(C(=O)c3sccc3C)C2)no1. The van der Waals surface area contributed by atoms with Gasteiger partial charge in [-0.3, -0.25) is 4.79 Å². The molecule has 1 amide bonds. The van der Waals surface area contributed by atoms with E-state index in [0.717, 1.165) is 48.6 Å². The molecule has 21 heavy (non-hydrogen) atoms. The zero-order chi connectivity index (χ0) is 14.8. The van der Waals surface area contributed by atoms with Crippen molar-refractivity contribution in [3.8, 4) is 0 Å². The van der Waals surface area contributed by atoms with Gasteiger partial charge in [-0.15, -0.1) is 11.3 Å². The van der Waals surface area contributed by atoms with Crippen molar-refractivity contribution in [2.75, 3.05) is 13.1 Å². The molecule has 1 aliphatic heterocycles. The highest BCUT2D eigenvalue weighted by molar-refractivity contribution is 7.12. The number of hydrogen-bond donors (Lipinski definition) is 0. The van der Waals surface area contributed by atoms with Gasteiger partial charge in [-0.05, 0) is 42.7 Å². The predicted molar refractivity (Wildman–Crippen MR) is 80.4 cm³/mol. The molecule has 0 aromatic carbocycles. The highest BCUT2D eigenvalue weighted by atomic mass is 32.1. The van der Waals surface area contributed by atoms with Crippen molar-refractivity contribution in [2.24, 2.45) is 5.92 Å². The smallest absolute Gasteiger partial charge is 0.264 e. The Kier molecular flexibility index (Phi) is 4.05. The topological polar surface area (TPSA) is 59.2 Å². The molecule has 0 aliphatic carbocycles. The van der Waals surface area contributed by atoms with E-state index in [1.54, 1.807) is 6.92 Å². The Labute approximate surface area is 128 Å². The molecular formula is C15H19N3O2S. The molecule has 2 aromatic heterocycles. The van der Waals surface area contributed by atoms with Crippen LogP contribution in [0.3, 0.4) is 0 Å². The highest BCUT2D eigenvalue weighted by Gasteiger charge is 2.28. The molecule has 3 heterocycles. The monoisotopic (exact) mass is 305 g/mol. The van der Waals surface area contributed by atoms with Gasteiger partial charge in [-0.25, -0.2) is 0 Å². The van der Waals surface area contributed by atoms with Gasteiger partial charge in [-0.1, -0.05) is 5.16 Å². The number of amides is 1. The van der Waals surface area contributed by atoms with E-state index < -0.39 is 0 Å². The molecule has 0 radical (unpaired) electrons. The van der Waals surface area contributed by atoms with Gasteiger partial charge in [0.1, 0.15) is 0 Å². The van der Waals surface area contributed by atoms with E-state index in [9.17, 15) is 4.79 Å². The molecule has 1 atom stereocenters. The molecule has 1 saturated heterocycles. The predicted octanol–water partition coefficient (Wildman–Crippen LogP) is 2.84. The first-order chi connectivity index (χ1) is 10.1. The van der Waals surface area contributed by atoms with Gasteiger partial charge in [0.15, 0.2) is 5.82 Å². The van der Waals surface area contributed by atoms with Crippen molar-refractivity contribution in [3.05, 3.63) is 33.6 Å². The molecule has 0 saturated carbocycles. The van der Waals surface area contributed by atoms with Crippen LogP contribution in [-0.4, -0.2) is 34.0 Å². The molecule has 0 spiro atoms. The second-order valence-corrected chi connectivity index (χ2v) is 6.52. The lowest BCUT2D eigenvalue weighted by Crippen LogP contribution is -2.28. The Balaban J connectivity index is 1.53. The lowest BCUT2D eigenvalue weighted by molar-refractivity contribution is 0.0790. The van der Waals surface area contributed by atoms with E-state index in [0.29, 0.717) is 11.8 Å². The standard InChI is InChI=1S/C15H19N3O2S/c1-10-6-8-21-14(10)15(19)18-7-5-12(9-18)3-4-13-16-11(2)20-17-13/h6,8,12H,3-5,7,9H2,1-2H3. The normalized spacial score (nSPS) is 18.4. The van der Waals surface area contributed by atoms with Gasteiger partial charge in [0, 0.05) is 26.4 Å². The maximum absolute atomic E-state index is 12.4. The molecule has 2 aromatic rings. The van der Waals surface area contributed by atoms with Crippen LogP contribution in [0, 0.1) is 19.8 Å². The van der Waals surface area contributed by atoms with Crippen LogP contribution in [0.1, 0.15) is 39.8 Å². The fourth-order valence-corrected chi connectivity index (χ4v) is 3.66. The Morgan fingerprint density at radius 3 is 3.05 bits per heavy atom. The molecule has 1 fully saturated rings. The molecule has 0 N–H and O–H groups in total. The van der Waals surface area contributed by atoms with Crippen LogP contribution in [0.15, 0.2) is 16.0 Å². The van der Waals surface area contributed by atoms with Gasteiger partial charge in [0.05, 0.1) is 4.88 Å². The summed E-state index contributed by atoms with van der Waals surface area (Å²) in [6.45, 7) is 5.49. The van der Waals surface area contributed by atoms with E-state index >= 15 is 0 Å². The molecule has 1 unspecified atom stereocenters. The summed E-state index contributed by atoms with van der Waals surface area (Å²) in [6.07, 6.45) is 2.89. The fraction of sp³-hybridized carbons (Fsp3) is 0.533. The van der Waals surface area contributed by atoms with Crippen LogP contribution in [0.25, 0.3) is 0 Å². The highest BCUT2D eigenvalue weighted by Crippen LogP contribution is 2.25. The van der Waals surface area contributed by atoms with Crippen molar-refractivity contribution in [2.45, 2.75) is 33.1 Å². The Morgan fingerprint density at radius 2 is 2.38 bits per heavy atom. The molecule has 5 nitrogen and oxygen atoms in total. The first kappa shape index (κ1) is 14.3. The first-order valence-corrected chi connectivity index (χ1v) is 8.14. The third-order valence-corrected chi connectivity index (χ3v) is 4.98. The lowest BCUT2D eigenvalue weighted by Gasteiger charge is -2.16. The zero-order valence-corrected chi connectivity index (χ0v) is 13.2. The van der Waals surface area contributed by atoms with Gasteiger partial charge in [-0.2, -0.15) is 4.98 Å². The molecule has 1 aliphatic rings. The van der Waals surface area contributed by atoms with Crippen LogP contribution in [-0.2, 0) is 6.42 Å². The summed E-state index contributed by atoms with van der Waals surface area (Å²) >= 11 is 1.54. The van der Waals surface area contributed by atoms with Crippen molar-refractivity contribution in [3.63, 3.8) is 0 Å². The van der Waals surface area contributed by atoms with Crippen LogP contribution >= 0.6 is 11.3 Å². The van der Waals surface area contributed by atoms with Crippen molar-refractivity contribution in [1.29, 1.82) is 0 Å². The lowest BCUT2D eigenvalue weighted by atomic mass is 10.0. The van der Waals surface area contributed by atoms with Crippen molar-refractivity contribution < 1.29 is 9.32 Å². The zero-order valence-electron chi connectivity index (χ0n) is 12.3. The minimum Gasteiger partial charge on any atom is -0.340 e. The molecular weight excluding hydrogens is 286 g/mol. The van der Waals surface area contributed by atoms with E-state index in [1.807, 2.05) is 23.3 Å². The maximum Gasteiger partial charge on any atom is 0.264 e. The number of carbonyl (C=O) groups is 1. The second-order valence-electron chi connectivity index (χ2n) is 5.61. The minimum atomic E-state index is 0.181. The van der Waals surface area contributed by atoms with Crippen LogP contribution < -0.4 is 0 Å². The average molecular weight is 305 g/mol. The molecule has 3 rings (SSSR count). The van der Waals surface area contributed by atoms with Crippen LogP contribution in [0.4, 0.5) is 0 Å². The number of likely N-dealkylation sites (tertiary alicyclic amines) is 1. The Hall–Kier alpha value is -1.69. The van der Waals surface area contributed by atoms with E-state index in [1.165, 1.54) is 11.3 Å². The van der Waals surface area contributed by atoms with Crippen LogP contribution in [0.5, 0.6) is 0 Å². The van der Waals surface area contributed by atoms with E-state index in [4.69, 9.17) is 4.52 Å². The van der Waals surface area contributed by atoms with E-state index in [2.05, 4.69) is 10.1 Å². The first-order valence-electron chi connectivity index (χ1n) is 7.26. The van der Waals surface area contributed by atoms with Crippen LogP contribution in [0.2, 0.25) is 0 Å². The minimum absolute atomic E-state index is 0.181. The maximum atomic E-state index is 12.4. The van der Waals surface area contributed by atoms with Gasteiger partial charge >= 0.3 is 0 Å². The van der Waals surface area contributed by atoms with Crippen molar-refractivity contribution in [1.82, 2.24) is 15.0 Å². The Bertz CT molecular complexity index is 634. The number of rotatable bonds is 4. The number of aryl methyl sites for hydroxylation is 3. The van der Waals surface area contributed by atoms with Gasteiger partial charge in [0.25, 0.3) is 5.91 Å². The van der Waals surface area contributed by atoms with Gasteiger partial charge in [0.2, 0.25) is 5.89 Å². The third kappa shape index (κ3) is 3.15.